The van der Waals surface area contributed by atoms with Crippen molar-refractivity contribution in [2.24, 2.45) is 0 Å². The Balaban J connectivity index is 1.47. The van der Waals surface area contributed by atoms with Crippen LogP contribution in [0.2, 0.25) is 0 Å². The van der Waals surface area contributed by atoms with Crippen LogP contribution in [0.4, 0.5) is 8.78 Å². The van der Waals surface area contributed by atoms with Gasteiger partial charge in [0.15, 0.2) is 0 Å². The van der Waals surface area contributed by atoms with Crippen molar-refractivity contribution in [2.75, 3.05) is 52.4 Å². The van der Waals surface area contributed by atoms with Crippen LogP contribution >= 0.6 is 0 Å². The van der Waals surface area contributed by atoms with Gasteiger partial charge in [-0.25, -0.2) is 8.78 Å². The van der Waals surface area contributed by atoms with E-state index in [2.05, 4.69) is 33.9 Å². The molecule has 1 N–H and O–H groups in total. The number of nitrogens with zero attached hydrogens (tertiary/aromatic N) is 3. The van der Waals surface area contributed by atoms with Gasteiger partial charge in [0.25, 0.3) is 5.92 Å². The van der Waals surface area contributed by atoms with Crippen LogP contribution in [0.1, 0.15) is 71.6 Å². The Morgan fingerprint density at radius 3 is 1.76 bits per heavy atom. The normalized spacial score (nSPS) is 28.1. The van der Waals surface area contributed by atoms with E-state index >= 15 is 0 Å². The molecule has 0 aliphatic carbocycles. The lowest BCUT2D eigenvalue weighted by atomic mass is 9.96. The largest absolute Gasteiger partial charge is 0.314 e. The molecule has 0 aromatic heterocycles. The average molecular weight is 415 g/mol. The van der Waals surface area contributed by atoms with Crippen LogP contribution in [0.5, 0.6) is 0 Å². The van der Waals surface area contributed by atoms with E-state index < -0.39 is 5.92 Å². The molecule has 0 spiro atoms. The Morgan fingerprint density at radius 2 is 1.21 bits per heavy atom. The minimum atomic E-state index is -2.44. The highest BCUT2D eigenvalue weighted by Gasteiger charge is 2.35. The molecule has 4 nitrogen and oxygen atoms in total. The molecule has 0 aromatic rings. The monoisotopic (exact) mass is 414 g/mol. The van der Waals surface area contributed by atoms with Crippen molar-refractivity contribution >= 4 is 0 Å². The average Bonchev–Trinajstić information content (AvgIpc) is 2.74. The molecule has 3 rings (SSSR count). The zero-order valence-corrected chi connectivity index (χ0v) is 18.9. The second-order valence-corrected chi connectivity index (χ2v) is 9.78. The van der Waals surface area contributed by atoms with E-state index in [4.69, 9.17) is 0 Å². The standard InChI is InChI=1S/C23H44F2N4/c1-20(27-14-4-3-5-15-27)6-8-22(29-18-12-26-13-19-29)9-7-21(2)28-16-10-23(24,25)11-17-28/h20-22,26H,3-19H2,1-2H3. The van der Waals surface area contributed by atoms with Crippen LogP contribution in [0.25, 0.3) is 0 Å². The van der Waals surface area contributed by atoms with Crippen LogP contribution in [0.3, 0.4) is 0 Å². The maximum Gasteiger partial charge on any atom is 0.250 e. The third-order valence-electron chi connectivity index (χ3n) is 7.67. The molecule has 0 saturated carbocycles. The molecule has 3 unspecified atom stereocenters. The van der Waals surface area contributed by atoms with Crippen molar-refractivity contribution in [3.63, 3.8) is 0 Å². The van der Waals surface area contributed by atoms with Crippen molar-refractivity contribution in [1.82, 2.24) is 20.0 Å². The van der Waals surface area contributed by atoms with E-state index in [0.717, 1.165) is 32.6 Å². The van der Waals surface area contributed by atoms with Gasteiger partial charge in [-0.2, -0.15) is 0 Å². The number of likely N-dealkylation sites (tertiary alicyclic amines) is 2. The van der Waals surface area contributed by atoms with Crippen molar-refractivity contribution in [2.45, 2.75) is 95.7 Å². The summed E-state index contributed by atoms with van der Waals surface area (Å²) >= 11 is 0. The van der Waals surface area contributed by atoms with Gasteiger partial charge in [-0.05, 0) is 65.5 Å². The van der Waals surface area contributed by atoms with Gasteiger partial charge in [-0.15, -0.1) is 0 Å². The summed E-state index contributed by atoms with van der Waals surface area (Å²) in [5.74, 6) is -2.44. The first-order chi connectivity index (χ1) is 13.9. The fraction of sp³-hybridized carbons (Fsp3) is 1.00. The van der Waals surface area contributed by atoms with Gasteiger partial charge in [-0.3, -0.25) is 4.90 Å². The van der Waals surface area contributed by atoms with Gasteiger partial charge in [0, 0.05) is 70.2 Å². The maximum absolute atomic E-state index is 13.5. The first-order valence-corrected chi connectivity index (χ1v) is 12.3. The Hall–Kier alpha value is -0.300. The number of hydrogen-bond acceptors (Lipinski definition) is 4. The molecule has 3 aliphatic heterocycles. The summed E-state index contributed by atoms with van der Waals surface area (Å²) in [5.41, 5.74) is 0. The zero-order chi connectivity index (χ0) is 20.7. The second kappa shape index (κ2) is 11.4. The lowest BCUT2D eigenvalue weighted by molar-refractivity contribution is -0.0627. The molecule has 0 aromatic carbocycles. The SMILES string of the molecule is CC(CCC(CCC(C)N1CCC(F)(F)CC1)N1CCNCC1)N1CCCCC1. The van der Waals surface area contributed by atoms with Crippen molar-refractivity contribution < 1.29 is 8.78 Å². The molecule has 0 bridgehead atoms. The topological polar surface area (TPSA) is 21.8 Å². The number of nitrogens with one attached hydrogen (secondary N) is 1. The summed E-state index contributed by atoms with van der Waals surface area (Å²) < 4.78 is 27.0. The predicted octanol–water partition coefficient (Wildman–Crippen LogP) is 3.81. The summed E-state index contributed by atoms with van der Waals surface area (Å²) in [7, 11) is 0. The highest BCUT2D eigenvalue weighted by molar-refractivity contribution is 4.84. The minimum absolute atomic E-state index is 0.0336. The first-order valence-electron chi connectivity index (χ1n) is 12.3. The number of piperazine rings is 1. The van der Waals surface area contributed by atoms with E-state index in [0.29, 0.717) is 31.2 Å². The van der Waals surface area contributed by atoms with E-state index in [1.54, 1.807) is 0 Å². The van der Waals surface area contributed by atoms with Gasteiger partial charge in [0.2, 0.25) is 0 Å². The van der Waals surface area contributed by atoms with Crippen LogP contribution in [0, 0.1) is 0 Å². The number of rotatable bonds is 9. The van der Waals surface area contributed by atoms with Crippen LogP contribution in [-0.4, -0.2) is 91.1 Å². The van der Waals surface area contributed by atoms with E-state index in [-0.39, 0.29) is 12.8 Å². The molecule has 0 amide bonds. The molecular weight excluding hydrogens is 370 g/mol. The lowest BCUT2D eigenvalue weighted by Gasteiger charge is -2.39. The number of piperidine rings is 2. The van der Waals surface area contributed by atoms with Crippen molar-refractivity contribution in [3.8, 4) is 0 Å². The Kier molecular flexibility index (Phi) is 9.15. The third-order valence-corrected chi connectivity index (χ3v) is 7.67. The summed E-state index contributed by atoms with van der Waals surface area (Å²) in [5, 5.41) is 3.48. The van der Waals surface area contributed by atoms with Crippen LogP contribution in [-0.2, 0) is 0 Å². The lowest BCUT2D eigenvalue weighted by Crippen LogP contribution is -2.49. The fourth-order valence-electron chi connectivity index (χ4n) is 5.44. The summed E-state index contributed by atoms with van der Waals surface area (Å²) in [6.07, 6.45) is 9.04. The number of hydrogen-bond donors (Lipinski definition) is 1. The van der Waals surface area contributed by atoms with Crippen molar-refractivity contribution in [1.29, 1.82) is 0 Å². The Bertz CT molecular complexity index is 454. The minimum Gasteiger partial charge on any atom is -0.314 e. The molecule has 0 radical (unpaired) electrons. The molecule has 170 valence electrons. The Morgan fingerprint density at radius 1 is 0.690 bits per heavy atom. The smallest absolute Gasteiger partial charge is 0.250 e. The zero-order valence-electron chi connectivity index (χ0n) is 18.9. The molecule has 3 aliphatic rings. The summed E-state index contributed by atoms with van der Waals surface area (Å²) in [6, 6.07) is 1.73. The van der Waals surface area contributed by atoms with E-state index in [9.17, 15) is 8.78 Å². The van der Waals surface area contributed by atoms with Crippen LogP contribution < -0.4 is 5.32 Å². The summed E-state index contributed by atoms with van der Waals surface area (Å²) in [6.45, 7) is 12.8. The fourth-order valence-corrected chi connectivity index (χ4v) is 5.44. The quantitative estimate of drug-likeness (QED) is 0.619. The molecule has 6 heteroatoms. The highest BCUT2D eigenvalue weighted by atomic mass is 19.3. The Labute approximate surface area is 177 Å². The molecular formula is C23H44F2N4. The molecule has 3 heterocycles. The number of alkyl halides is 2. The van der Waals surface area contributed by atoms with Gasteiger partial charge < -0.3 is 15.1 Å². The van der Waals surface area contributed by atoms with Gasteiger partial charge in [0.05, 0.1) is 0 Å². The molecule has 3 atom stereocenters. The summed E-state index contributed by atoms with van der Waals surface area (Å²) in [4.78, 5) is 7.67. The van der Waals surface area contributed by atoms with E-state index in [1.807, 2.05) is 0 Å². The van der Waals surface area contributed by atoms with Crippen LogP contribution in [0.15, 0.2) is 0 Å². The predicted molar refractivity (Wildman–Crippen MR) is 117 cm³/mol. The second-order valence-electron chi connectivity index (χ2n) is 9.78. The van der Waals surface area contributed by atoms with E-state index in [1.165, 1.54) is 51.6 Å². The molecule has 29 heavy (non-hydrogen) atoms. The molecule has 3 saturated heterocycles. The maximum atomic E-state index is 13.5. The first kappa shape index (κ1) is 23.4. The van der Waals surface area contributed by atoms with Gasteiger partial charge >= 0.3 is 0 Å². The molecule has 3 fully saturated rings. The van der Waals surface area contributed by atoms with Crippen molar-refractivity contribution in [3.05, 3.63) is 0 Å². The number of halogens is 2. The van der Waals surface area contributed by atoms with Gasteiger partial charge in [-0.1, -0.05) is 6.42 Å². The highest BCUT2D eigenvalue weighted by Crippen LogP contribution is 2.29. The third kappa shape index (κ3) is 7.41. The van der Waals surface area contributed by atoms with Gasteiger partial charge in [0.1, 0.15) is 0 Å².